The Hall–Kier alpha value is 0.503. The molecule has 31 valence electrons. The second-order valence-electron chi connectivity index (χ2n) is 0.957. The topological polar surface area (TPSA) is 12.0 Å². The zero-order valence-corrected chi connectivity index (χ0v) is 7.82. The predicted molar refractivity (Wildman–Crippen MR) is 27.9 cm³/mol. The van der Waals surface area contributed by atoms with Gasteiger partial charge in [0.1, 0.15) is 0 Å². The Labute approximate surface area is 41.6 Å². The quantitative estimate of drug-likeness (QED) is 0.480. The number of hydrogen-bond acceptors (Lipinski definition) is 1. The van der Waals surface area contributed by atoms with E-state index in [4.69, 9.17) is 0 Å². The second kappa shape index (κ2) is 4.50. The van der Waals surface area contributed by atoms with E-state index < -0.39 is 0 Å². The molecular weight excluding hydrogens is 123 g/mol. The van der Waals surface area contributed by atoms with Gasteiger partial charge >= 0.3 is 40.9 Å². The van der Waals surface area contributed by atoms with Crippen molar-refractivity contribution in [2.24, 2.45) is 0 Å². The van der Waals surface area contributed by atoms with Gasteiger partial charge < -0.3 is 0 Å². The minimum absolute atomic E-state index is 0.824. The molecule has 0 saturated carbocycles. The van der Waals surface area contributed by atoms with E-state index in [0.717, 1.165) is 29.7 Å². The number of hydrogen-bond donors (Lipinski definition) is 1. The summed E-state index contributed by atoms with van der Waals surface area (Å²) in [4.78, 5) is 0. The van der Waals surface area contributed by atoms with Crippen molar-refractivity contribution in [2.45, 2.75) is 6.42 Å². The van der Waals surface area contributed by atoms with Crippen LogP contribution in [0.1, 0.15) is 6.42 Å². The van der Waals surface area contributed by atoms with Crippen molar-refractivity contribution >= 4 is 16.7 Å². The van der Waals surface area contributed by atoms with Gasteiger partial charge in [-0.25, -0.2) is 0 Å². The van der Waals surface area contributed by atoms with Crippen LogP contribution in [0.2, 0.25) is 0 Å². The molecule has 0 aliphatic carbocycles. The molecule has 0 spiro atoms. The summed E-state index contributed by atoms with van der Waals surface area (Å²) in [7, 11) is 0. The van der Waals surface area contributed by atoms with Gasteiger partial charge in [-0.05, 0) is 0 Å². The Morgan fingerprint density at radius 3 is 2.40 bits per heavy atom. The molecule has 2 heteroatoms. The van der Waals surface area contributed by atoms with Crippen LogP contribution in [-0.4, -0.2) is 23.3 Å². The first-order chi connectivity index (χ1) is 2.41. The molecule has 0 heterocycles. The normalized spacial score (nSPS) is 9.00. The number of nitrogens with one attached hydrogen (secondary N) is 1. The summed E-state index contributed by atoms with van der Waals surface area (Å²) in [5, 5.41) is 0. The summed E-state index contributed by atoms with van der Waals surface area (Å²) in [6.45, 7) is 4.75. The van der Waals surface area contributed by atoms with E-state index in [0.29, 0.717) is 0 Å². The molecule has 0 rings (SSSR count). The van der Waals surface area contributed by atoms with Crippen molar-refractivity contribution in [3.05, 3.63) is 6.92 Å². The molecule has 0 aromatic heterocycles. The van der Waals surface area contributed by atoms with Gasteiger partial charge in [0.05, 0.1) is 0 Å². The van der Waals surface area contributed by atoms with Crippen molar-refractivity contribution < 1.29 is 0 Å². The summed E-state index contributed by atoms with van der Waals surface area (Å²) >= 11 is 0.824. The monoisotopic (exact) mass is 134 g/mol. The van der Waals surface area contributed by atoms with Crippen molar-refractivity contribution in [2.75, 3.05) is 6.54 Å². The first kappa shape index (κ1) is 5.50. The van der Waals surface area contributed by atoms with Gasteiger partial charge in [-0.15, -0.1) is 0 Å². The van der Waals surface area contributed by atoms with Gasteiger partial charge in [-0.2, -0.15) is 0 Å². The zero-order valence-electron chi connectivity index (χ0n) is 3.62. The van der Waals surface area contributed by atoms with Crippen LogP contribution in [0.4, 0.5) is 0 Å². The fourth-order valence-corrected chi connectivity index (χ4v) is 0.919. The second-order valence-corrected chi connectivity index (χ2v) is 2.44. The molecule has 5 heavy (non-hydrogen) atoms. The van der Waals surface area contributed by atoms with Crippen molar-refractivity contribution in [3.8, 4) is 0 Å². The molecule has 1 radical (unpaired) electrons. The third kappa shape index (κ3) is 4.50. The molecule has 0 unspecified atom stereocenters. The zero-order chi connectivity index (χ0) is 4.12. The summed E-state index contributed by atoms with van der Waals surface area (Å²) in [5.41, 5.74) is 0. The van der Waals surface area contributed by atoms with E-state index in [1.807, 2.05) is 0 Å². The summed E-state index contributed by atoms with van der Waals surface area (Å²) in [5.74, 6) is 0. The van der Waals surface area contributed by atoms with E-state index in [1.165, 1.54) is 0 Å². The predicted octanol–water partition coefficient (Wildman–Crippen LogP) is -0.919. The average molecular weight is 133 g/mol. The van der Waals surface area contributed by atoms with Crippen LogP contribution in [0.25, 0.3) is 0 Å². The van der Waals surface area contributed by atoms with Crippen molar-refractivity contribution in [3.63, 3.8) is 0 Å². The van der Waals surface area contributed by atoms with Crippen molar-refractivity contribution in [1.82, 2.24) is 4.27 Å². The minimum atomic E-state index is 0.824. The first-order valence-electron chi connectivity index (χ1n) is 1.85. The van der Waals surface area contributed by atoms with E-state index in [1.54, 1.807) is 0 Å². The summed E-state index contributed by atoms with van der Waals surface area (Å²) in [6, 6.07) is 0. The molecule has 0 atom stereocenters. The molecule has 0 bridgehead atoms. The molecule has 0 aliphatic rings. The van der Waals surface area contributed by atoms with E-state index in [9.17, 15) is 0 Å². The molecule has 0 aromatic carbocycles. The van der Waals surface area contributed by atoms with Gasteiger partial charge in [-0.3, -0.25) is 0 Å². The van der Waals surface area contributed by atoms with Gasteiger partial charge in [0.25, 0.3) is 0 Å². The summed E-state index contributed by atoms with van der Waals surface area (Å²) < 4.78 is 3.14. The van der Waals surface area contributed by atoms with E-state index in [2.05, 4.69) is 11.2 Å². The first-order valence-corrected chi connectivity index (χ1v) is 3.95. The van der Waals surface area contributed by atoms with Crippen LogP contribution in [0.5, 0.6) is 0 Å². The average Bonchev–Trinajstić information content (AvgIpc) is 1.41. The van der Waals surface area contributed by atoms with E-state index in [-0.39, 0.29) is 0 Å². The molecule has 0 fully saturated rings. The van der Waals surface area contributed by atoms with Crippen LogP contribution >= 0.6 is 0 Å². The third-order valence-electron chi connectivity index (χ3n) is 0.427. The van der Waals surface area contributed by atoms with Crippen LogP contribution in [0.15, 0.2) is 0 Å². The van der Waals surface area contributed by atoms with Crippen LogP contribution < -0.4 is 4.27 Å². The Morgan fingerprint density at radius 1 is 1.80 bits per heavy atom. The van der Waals surface area contributed by atoms with Crippen LogP contribution in [0, 0.1) is 6.92 Å². The Kier molecular flexibility index (Phi) is 4.96. The third-order valence-corrected chi connectivity index (χ3v) is 1.48. The molecule has 1 nitrogen and oxygen atoms in total. The van der Waals surface area contributed by atoms with Gasteiger partial charge in [0.2, 0.25) is 0 Å². The molecule has 0 saturated heterocycles. The Morgan fingerprint density at radius 2 is 2.40 bits per heavy atom. The molecular formula is C3H10GeN. The number of rotatable bonds is 2. The van der Waals surface area contributed by atoms with Gasteiger partial charge in [0, 0.05) is 0 Å². The van der Waals surface area contributed by atoms with Gasteiger partial charge in [-0.1, -0.05) is 0 Å². The Bertz CT molecular complexity index is 14.4. The van der Waals surface area contributed by atoms with Crippen LogP contribution in [0.3, 0.4) is 0 Å². The maximum absolute atomic E-state index is 3.64. The fourth-order valence-electron chi connectivity index (χ4n) is 0.177. The van der Waals surface area contributed by atoms with E-state index >= 15 is 0 Å². The fraction of sp³-hybridized carbons (Fsp3) is 0.667. The maximum atomic E-state index is 3.64. The molecule has 1 N–H and O–H groups in total. The summed E-state index contributed by atoms with van der Waals surface area (Å²) in [6.07, 6.45) is 1.03. The molecule has 0 aliphatic heterocycles. The standard InChI is InChI=1S/C3H10GeN/c1-2-3-5-4/h5H,1-3H2,4H3. The van der Waals surface area contributed by atoms with Gasteiger partial charge in [0.15, 0.2) is 0 Å². The molecule has 0 aromatic rings. The molecule has 0 amide bonds. The van der Waals surface area contributed by atoms with Crippen molar-refractivity contribution in [1.29, 1.82) is 0 Å². The Balaban J connectivity index is 2.19. The van der Waals surface area contributed by atoms with Crippen LogP contribution in [-0.2, 0) is 0 Å². The SMILES string of the molecule is [CH2]CC[NH][GeH3].